The number of likely N-dealkylation sites (tertiary alicyclic amines) is 1. The van der Waals surface area contributed by atoms with Gasteiger partial charge in [-0.15, -0.1) is 0 Å². The molecule has 0 aliphatic carbocycles. The molecule has 0 saturated carbocycles. The second-order valence-corrected chi connectivity index (χ2v) is 7.58. The first-order valence-electron chi connectivity index (χ1n) is 9.62. The lowest BCUT2D eigenvalue weighted by Crippen LogP contribution is -2.40. The number of para-hydroxylation sites is 2. The van der Waals surface area contributed by atoms with Crippen LogP contribution < -0.4 is 0 Å². The van der Waals surface area contributed by atoms with Crippen molar-refractivity contribution in [1.29, 1.82) is 0 Å². The molecular formula is C22H21ClN2O4. The summed E-state index contributed by atoms with van der Waals surface area (Å²) in [5.74, 6) is 0.319. The molecule has 0 radical (unpaired) electrons. The number of benzene rings is 2. The summed E-state index contributed by atoms with van der Waals surface area (Å²) < 4.78 is 11.0. The number of hydrogen-bond donors (Lipinski definition) is 0. The molecule has 2 heterocycles. The van der Waals surface area contributed by atoms with Crippen LogP contribution in [-0.4, -0.2) is 41.5 Å². The molecule has 0 spiro atoms. The van der Waals surface area contributed by atoms with Crippen molar-refractivity contribution in [2.24, 2.45) is 0 Å². The van der Waals surface area contributed by atoms with Gasteiger partial charge in [0.25, 0.3) is 5.91 Å². The molecule has 6 nitrogen and oxygen atoms in total. The molecule has 0 unspecified atom stereocenters. The van der Waals surface area contributed by atoms with E-state index in [0.29, 0.717) is 18.1 Å². The Labute approximate surface area is 173 Å². The standard InChI is InChI=1S/C22H21ClN2O4/c23-17-7-5-15(6-8-17)13-21(27)28-14-20(26)25-11-9-16(10-12-25)22-24-18-3-1-2-4-19(18)29-22/h1-8,16H,9-14H2. The van der Waals surface area contributed by atoms with Crippen molar-refractivity contribution in [3.05, 3.63) is 65.0 Å². The van der Waals surface area contributed by atoms with E-state index in [0.717, 1.165) is 35.4 Å². The predicted molar refractivity (Wildman–Crippen MR) is 109 cm³/mol. The molecule has 7 heteroatoms. The second-order valence-electron chi connectivity index (χ2n) is 7.14. The molecule has 1 aliphatic rings. The predicted octanol–water partition coefficient (Wildman–Crippen LogP) is 3.97. The second kappa shape index (κ2) is 8.66. The van der Waals surface area contributed by atoms with Crippen LogP contribution in [0.3, 0.4) is 0 Å². The van der Waals surface area contributed by atoms with Crippen molar-refractivity contribution in [2.45, 2.75) is 25.2 Å². The third-order valence-corrected chi connectivity index (χ3v) is 5.38. The normalized spacial score (nSPS) is 14.9. The summed E-state index contributed by atoms with van der Waals surface area (Å²) in [6.45, 7) is 0.952. The van der Waals surface area contributed by atoms with Crippen molar-refractivity contribution >= 4 is 34.6 Å². The van der Waals surface area contributed by atoms with E-state index in [9.17, 15) is 9.59 Å². The van der Waals surface area contributed by atoms with Gasteiger partial charge in [0, 0.05) is 24.0 Å². The van der Waals surface area contributed by atoms with Crippen LogP contribution in [0.5, 0.6) is 0 Å². The molecule has 1 aliphatic heterocycles. The molecule has 0 bridgehead atoms. The average Bonchev–Trinajstić information content (AvgIpc) is 3.18. The minimum Gasteiger partial charge on any atom is -0.455 e. The zero-order valence-electron chi connectivity index (χ0n) is 15.8. The fraction of sp³-hybridized carbons (Fsp3) is 0.318. The van der Waals surface area contributed by atoms with Gasteiger partial charge in [0.05, 0.1) is 6.42 Å². The molecular weight excluding hydrogens is 392 g/mol. The van der Waals surface area contributed by atoms with E-state index in [-0.39, 0.29) is 24.9 Å². The Kier molecular flexibility index (Phi) is 5.81. The molecule has 4 rings (SSSR count). The van der Waals surface area contributed by atoms with Gasteiger partial charge in [-0.2, -0.15) is 0 Å². The number of amides is 1. The van der Waals surface area contributed by atoms with Crippen LogP contribution in [0.2, 0.25) is 5.02 Å². The van der Waals surface area contributed by atoms with E-state index in [1.54, 1.807) is 29.2 Å². The molecule has 0 atom stereocenters. The molecule has 3 aromatic rings. The van der Waals surface area contributed by atoms with Gasteiger partial charge < -0.3 is 14.1 Å². The summed E-state index contributed by atoms with van der Waals surface area (Å²) in [4.78, 5) is 30.6. The molecule has 2 aromatic carbocycles. The zero-order chi connectivity index (χ0) is 20.2. The van der Waals surface area contributed by atoms with E-state index in [2.05, 4.69) is 4.98 Å². The molecule has 150 valence electrons. The Morgan fingerprint density at radius 2 is 1.83 bits per heavy atom. The van der Waals surface area contributed by atoms with Crippen LogP contribution >= 0.6 is 11.6 Å². The van der Waals surface area contributed by atoms with E-state index in [1.165, 1.54) is 0 Å². The lowest BCUT2D eigenvalue weighted by Gasteiger charge is -2.30. The summed E-state index contributed by atoms with van der Waals surface area (Å²) >= 11 is 5.83. The lowest BCUT2D eigenvalue weighted by molar-refractivity contribution is -0.152. The Morgan fingerprint density at radius 1 is 1.10 bits per heavy atom. The number of rotatable bonds is 5. The molecule has 1 saturated heterocycles. The quantitative estimate of drug-likeness (QED) is 0.593. The summed E-state index contributed by atoms with van der Waals surface area (Å²) in [6.07, 6.45) is 1.67. The van der Waals surface area contributed by atoms with Crippen molar-refractivity contribution in [2.75, 3.05) is 19.7 Å². The first-order valence-corrected chi connectivity index (χ1v) is 9.99. The molecule has 0 N–H and O–H groups in total. The van der Waals surface area contributed by atoms with Crippen molar-refractivity contribution in [1.82, 2.24) is 9.88 Å². The number of ether oxygens (including phenoxy) is 1. The lowest BCUT2D eigenvalue weighted by atomic mass is 9.97. The SMILES string of the molecule is O=C(Cc1ccc(Cl)cc1)OCC(=O)N1CCC(c2nc3ccccc3o2)CC1. The number of carbonyl (C=O) groups excluding carboxylic acids is 2. The Hall–Kier alpha value is -2.86. The highest BCUT2D eigenvalue weighted by molar-refractivity contribution is 6.30. The highest BCUT2D eigenvalue weighted by Crippen LogP contribution is 2.29. The van der Waals surface area contributed by atoms with E-state index < -0.39 is 5.97 Å². The summed E-state index contributed by atoms with van der Waals surface area (Å²) in [6, 6.07) is 14.7. The minimum absolute atomic E-state index is 0.115. The van der Waals surface area contributed by atoms with E-state index in [4.69, 9.17) is 20.8 Å². The fourth-order valence-corrected chi connectivity index (χ4v) is 3.62. The molecule has 1 fully saturated rings. The monoisotopic (exact) mass is 412 g/mol. The number of aromatic nitrogens is 1. The van der Waals surface area contributed by atoms with Gasteiger partial charge in [0.15, 0.2) is 18.1 Å². The van der Waals surface area contributed by atoms with Crippen LogP contribution in [0.25, 0.3) is 11.1 Å². The van der Waals surface area contributed by atoms with E-state index >= 15 is 0 Å². The largest absolute Gasteiger partial charge is 0.455 e. The number of piperidine rings is 1. The van der Waals surface area contributed by atoms with Gasteiger partial charge in [0.2, 0.25) is 0 Å². The van der Waals surface area contributed by atoms with Crippen LogP contribution in [-0.2, 0) is 20.7 Å². The van der Waals surface area contributed by atoms with Crippen LogP contribution in [0.15, 0.2) is 52.9 Å². The first kappa shape index (κ1) is 19.5. The number of fused-ring (bicyclic) bond motifs is 1. The third kappa shape index (κ3) is 4.77. The highest BCUT2D eigenvalue weighted by atomic mass is 35.5. The van der Waals surface area contributed by atoms with Gasteiger partial charge >= 0.3 is 5.97 Å². The van der Waals surface area contributed by atoms with E-state index in [1.807, 2.05) is 24.3 Å². The Morgan fingerprint density at radius 3 is 2.55 bits per heavy atom. The maximum atomic E-state index is 12.4. The highest BCUT2D eigenvalue weighted by Gasteiger charge is 2.27. The van der Waals surface area contributed by atoms with Gasteiger partial charge in [-0.25, -0.2) is 4.98 Å². The minimum atomic E-state index is -0.429. The number of oxazole rings is 1. The summed E-state index contributed by atoms with van der Waals surface area (Å²) in [7, 11) is 0. The number of esters is 1. The van der Waals surface area contributed by atoms with Crippen LogP contribution in [0.1, 0.15) is 30.2 Å². The maximum Gasteiger partial charge on any atom is 0.310 e. The van der Waals surface area contributed by atoms with Crippen molar-refractivity contribution in [3.63, 3.8) is 0 Å². The van der Waals surface area contributed by atoms with Gasteiger partial charge in [-0.3, -0.25) is 9.59 Å². The Balaban J connectivity index is 1.24. The number of halogens is 1. The van der Waals surface area contributed by atoms with Gasteiger partial charge in [0.1, 0.15) is 5.52 Å². The van der Waals surface area contributed by atoms with Crippen molar-refractivity contribution < 1.29 is 18.7 Å². The average molecular weight is 413 g/mol. The Bertz CT molecular complexity index is 974. The number of hydrogen-bond acceptors (Lipinski definition) is 5. The number of nitrogens with zero attached hydrogens (tertiary/aromatic N) is 2. The van der Waals surface area contributed by atoms with Gasteiger partial charge in [-0.1, -0.05) is 35.9 Å². The summed E-state index contributed by atoms with van der Waals surface area (Å²) in [5.41, 5.74) is 2.44. The molecule has 29 heavy (non-hydrogen) atoms. The zero-order valence-corrected chi connectivity index (χ0v) is 16.6. The molecule has 1 amide bonds. The van der Waals surface area contributed by atoms with Gasteiger partial charge in [-0.05, 0) is 42.7 Å². The van der Waals surface area contributed by atoms with Crippen LogP contribution in [0, 0.1) is 0 Å². The maximum absolute atomic E-state index is 12.4. The summed E-state index contributed by atoms with van der Waals surface area (Å²) in [5, 5.41) is 0.610. The first-order chi connectivity index (χ1) is 14.1. The third-order valence-electron chi connectivity index (χ3n) is 5.13. The number of carbonyl (C=O) groups is 2. The smallest absolute Gasteiger partial charge is 0.310 e. The molecule has 1 aromatic heterocycles. The fourth-order valence-electron chi connectivity index (χ4n) is 3.49. The van der Waals surface area contributed by atoms with Crippen LogP contribution in [0.4, 0.5) is 0 Å². The van der Waals surface area contributed by atoms with Crippen molar-refractivity contribution in [3.8, 4) is 0 Å². The topological polar surface area (TPSA) is 72.6 Å².